The molecule has 3 fully saturated rings. The second-order valence-electron chi connectivity index (χ2n) is 12.5. The fraction of sp³-hybridized carbons (Fsp3) is 0.917. The highest BCUT2D eigenvalue weighted by Crippen LogP contribution is 3.01. The van der Waals surface area contributed by atoms with Gasteiger partial charge in [0, 0.05) is 5.92 Å². The summed E-state index contributed by atoms with van der Waals surface area (Å²) in [7, 11) is 0. The summed E-state index contributed by atoms with van der Waals surface area (Å²) in [6.45, 7) is 19.2. The van der Waals surface area contributed by atoms with Crippen LogP contribution in [0.5, 0.6) is 0 Å². The fourth-order valence-corrected chi connectivity index (χ4v) is 10.2. The molecule has 8 unspecified atom stereocenters. The summed E-state index contributed by atoms with van der Waals surface area (Å²) < 4.78 is 0. The van der Waals surface area contributed by atoms with E-state index in [1.54, 1.807) is 6.92 Å². The number of hydrogen-bond donors (Lipinski definition) is 1. The van der Waals surface area contributed by atoms with E-state index in [-0.39, 0.29) is 22.0 Å². The maximum absolute atomic E-state index is 12.7. The number of ketones is 1. The normalized spacial score (nSPS) is 49.2. The zero-order valence-corrected chi connectivity index (χ0v) is 18.6. The van der Waals surface area contributed by atoms with Crippen molar-refractivity contribution >= 4 is 11.8 Å². The molecule has 0 bridgehead atoms. The molecule has 0 radical (unpaired) electrons. The van der Waals surface area contributed by atoms with E-state index in [9.17, 15) is 14.7 Å². The molecule has 0 aromatic rings. The Morgan fingerprint density at radius 1 is 1.07 bits per heavy atom. The molecule has 3 aliphatic rings. The topological polar surface area (TPSA) is 54.4 Å². The summed E-state index contributed by atoms with van der Waals surface area (Å²) in [5.41, 5.74) is -0.0285. The number of carbonyl (C=O) groups excluding carboxylic acids is 1. The lowest BCUT2D eigenvalue weighted by atomic mass is 9.21. The first-order chi connectivity index (χ1) is 12.1. The Labute approximate surface area is 164 Å². The molecule has 0 amide bonds. The average Bonchev–Trinajstić information content (AvgIpc) is 3.12. The van der Waals surface area contributed by atoms with Crippen molar-refractivity contribution in [3.05, 3.63) is 0 Å². The van der Waals surface area contributed by atoms with Crippen molar-refractivity contribution < 1.29 is 14.7 Å². The molecule has 3 nitrogen and oxygen atoms in total. The Morgan fingerprint density at radius 3 is 2.00 bits per heavy atom. The van der Waals surface area contributed by atoms with E-state index in [0.717, 1.165) is 11.8 Å². The quantitative estimate of drug-likeness (QED) is 0.712. The summed E-state index contributed by atoms with van der Waals surface area (Å²) in [5, 5.41) is 10.4. The Balaban J connectivity index is 1.82. The van der Waals surface area contributed by atoms with Crippen LogP contribution in [0.1, 0.15) is 75.2 Å². The van der Waals surface area contributed by atoms with Crippen LogP contribution in [0.2, 0.25) is 0 Å². The van der Waals surface area contributed by atoms with Gasteiger partial charge in [0.2, 0.25) is 0 Å². The lowest BCUT2D eigenvalue weighted by Gasteiger charge is -2.82. The third-order valence-corrected chi connectivity index (χ3v) is 10.9. The van der Waals surface area contributed by atoms with E-state index in [4.69, 9.17) is 0 Å². The Morgan fingerprint density at radius 2 is 1.63 bits per heavy atom. The molecule has 2 spiro atoms. The van der Waals surface area contributed by atoms with Crippen LogP contribution < -0.4 is 0 Å². The van der Waals surface area contributed by atoms with Gasteiger partial charge in [0.05, 0.1) is 5.92 Å². The Hall–Kier alpha value is -0.860. The van der Waals surface area contributed by atoms with Crippen LogP contribution in [-0.4, -0.2) is 16.9 Å². The fourth-order valence-electron chi connectivity index (χ4n) is 10.2. The largest absolute Gasteiger partial charge is 0.481 e. The molecule has 3 rings (SSSR count). The highest BCUT2D eigenvalue weighted by atomic mass is 16.4. The highest BCUT2D eigenvalue weighted by Gasteiger charge is 2.96. The zero-order valence-electron chi connectivity index (χ0n) is 18.6. The molecule has 1 N–H and O–H groups in total. The first kappa shape index (κ1) is 19.5. The third kappa shape index (κ3) is 1.66. The number of hydrogen-bond acceptors (Lipinski definition) is 2. The van der Waals surface area contributed by atoms with Gasteiger partial charge in [0.15, 0.2) is 0 Å². The summed E-state index contributed by atoms with van der Waals surface area (Å²) in [5.74, 6) is 1.04. The van der Waals surface area contributed by atoms with E-state index in [1.165, 1.54) is 12.8 Å². The van der Waals surface area contributed by atoms with Crippen molar-refractivity contribution in [2.24, 2.45) is 62.6 Å². The Bertz CT molecular complexity index is 730. The van der Waals surface area contributed by atoms with Gasteiger partial charge in [0.1, 0.15) is 5.78 Å². The van der Waals surface area contributed by atoms with E-state index < -0.39 is 23.2 Å². The maximum Gasteiger partial charge on any atom is 0.307 e. The van der Waals surface area contributed by atoms with Crippen molar-refractivity contribution in [1.82, 2.24) is 0 Å². The van der Waals surface area contributed by atoms with Gasteiger partial charge in [-0.2, -0.15) is 0 Å². The van der Waals surface area contributed by atoms with Crippen molar-refractivity contribution in [1.29, 1.82) is 0 Å². The molecule has 3 saturated carbocycles. The summed E-state index contributed by atoms with van der Waals surface area (Å²) in [4.78, 5) is 25.3. The molecule has 9 atom stereocenters. The minimum absolute atomic E-state index is 0.0108. The molecule has 3 heteroatoms. The van der Waals surface area contributed by atoms with Crippen LogP contribution in [0.15, 0.2) is 0 Å². The van der Waals surface area contributed by atoms with Crippen molar-refractivity contribution in [3.63, 3.8) is 0 Å². The molecule has 0 heterocycles. The van der Waals surface area contributed by atoms with Crippen LogP contribution in [0, 0.1) is 62.6 Å². The average molecular weight is 375 g/mol. The molecule has 0 aliphatic heterocycles. The lowest BCUT2D eigenvalue weighted by molar-refractivity contribution is -0.357. The van der Waals surface area contributed by atoms with Crippen LogP contribution in [0.4, 0.5) is 0 Å². The number of aliphatic carboxylic acids is 1. The van der Waals surface area contributed by atoms with Gasteiger partial charge in [-0.1, -0.05) is 55.4 Å². The predicted octanol–water partition coefficient (Wildman–Crippen LogP) is 5.28. The van der Waals surface area contributed by atoms with E-state index >= 15 is 0 Å². The zero-order chi connectivity index (χ0) is 20.5. The van der Waals surface area contributed by atoms with E-state index in [0.29, 0.717) is 17.3 Å². The summed E-state index contributed by atoms with van der Waals surface area (Å²) in [6, 6.07) is 0. The maximum atomic E-state index is 12.7. The third-order valence-electron chi connectivity index (χ3n) is 10.9. The molecule has 0 aromatic heterocycles. The summed E-state index contributed by atoms with van der Waals surface area (Å²) in [6.07, 6.45) is 2.62. The van der Waals surface area contributed by atoms with Crippen LogP contribution in [-0.2, 0) is 9.59 Å². The van der Waals surface area contributed by atoms with Gasteiger partial charge in [-0.05, 0) is 70.5 Å². The number of fused-ring (bicyclic) bond motifs is 3. The molecular weight excluding hydrogens is 336 g/mol. The highest BCUT2D eigenvalue weighted by molar-refractivity contribution is 5.86. The molecule has 27 heavy (non-hydrogen) atoms. The molecule has 0 aromatic carbocycles. The van der Waals surface area contributed by atoms with Crippen LogP contribution in [0.25, 0.3) is 0 Å². The smallest absolute Gasteiger partial charge is 0.307 e. The molecular formula is C24H38O3. The monoisotopic (exact) mass is 374 g/mol. The number of carboxylic acids is 1. The minimum Gasteiger partial charge on any atom is -0.481 e. The summed E-state index contributed by atoms with van der Waals surface area (Å²) >= 11 is 0. The number of carbonyl (C=O) groups is 2. The first-order valence-electron chi connectivity index (χ1n) is 10.9. The number of rotatable bonds is 5. The van der Waals surface area contributed by atoms with E-state index in [1.807, 2.05) is 20.8 Å². The van der Waals surface area contributed by atoms with Crippen molar-refractivity contribution in [3.8, 4) is 0 Å². The first-order valence-corrected chi connectivity index (χ1v) is 10.9. The van der Waals surface area contributed by atoms with Crippen LogP contribution in [0.3, 0.4) is 0 Å². The number of Topliss-reactive ketones (excluding diaryl/α,β-unsaturated/α-hetero) is 1. The van der Waals surface area contributed by atoms with Gasteiger partial charge in [-0.25, -0.2) is 0 Å². The second kappa shape index (κ2) is 4.82. The van der Waals surface area contributed by atoms with Gasteiger partial charge in [-0.3, -0.25) is 9.59 Å². The lowest BCUT2D eigenvalue weighted by Crippen LogP contribution is -2.79. The Kier molecular flexibility index (Phi) is 3.47. The second-order valence-corrected chi connectivity index (χ2v) is 12.5. The van der Waals surface area contributed by atoms with Gasteiger partial charge >= 0.3 is 5.97 Å². The van der Waals surface area contributed by atoms with Crippen molar-refractivity contribution in [2.75, 3.05) is 0 Å². The number of carboxylic acid groups (broad SMARTS) is 1. The predicted molar refractivity (Wildman–Crippen MR) is 106 cm³/mol. The van der Waals surface area contributed by atoms with Crippen LogP contribution >= 0.6 is 0 Å². The molecule has 0 saturated heterocycles. The van der Waals surface area contributed by atoms with Gasteiger partial charge in [0.25, 0.3) is 0 Å². The molecule has 152 valence electrons. The van der Waals surface area contributed by atoms with Gasteiger partial charge < -0.3 is 5.11 Å². The standard InChI is InChI=1S/C24H38O3/c1-12-10-23-11-24(12)15(13(23)2)18(23)22(24,9)21(7,8)17(19(26)27)16(14(3)25)20(4,5)6/h12-13,15-18H,10-11H2,1-9H3,(H,26,27)/t12?,13?,15-,16?,17?,18?,22?,23?,24?/m1/s1. The SMILES string of the molecule is CC(=O)C(C(C(=O)O)C(C)(C)C1(C)C2[C@H]3C(C)C24CC(C)C31C4)C(C)(C)C. The molecule has 3 aliphatic carbocycles. The van der Waals surface area contributed by atoms with Crippen molar-refractivity contribution in [2.45, 2.75) is 75.2 Å². The van der Waals surface area contributed by atoms with Gasteiger partial charge in [-0.15, -0.1) is 0 Å². The minimum atomic E-state index is -0.790. The van der Waals surface area contributed by atoms with E-state index in [2.05, 4.69) is 34.6 Å².